The molecule has 4 unspecified atom stereocenters. The number of rotatable bonds is 2. The first kappa shape index (κ1) is 12.8. The van der Waals surface area contributed by atoms with Gasteiger partial charge in [-0.1, -0.05) is 12.8 Å². The van der Waals surface area contributed by atoms with Crippen molar-refractivity contribution in [3.8, 4) is 0 Å². The van der Waals surface area contributed by atoms with Crippen LogP contribution in [0.2, 0.25) is 0 Å². The lowest BCUT2D eigenvalue weighted by Crippen LogP contribution is -2.56. The van der Waals surface area contributed by atoms with Gasteiger partial charge in [0.15, 0.2) is 0 Å². The fraction of sp³-hybridized carbons (Fsp3) is 0.923. The largest absolute Gasteiger partial charge is 0.481 e. The van der Waals surface area contributed by atoms with Gasteiger partial charge in [-0.15, -0.1) is 0 Å². The number of nitrogens with zero attached hydrogens (tertiary/aromatic N) is 1. The average Bonchev–Trinajstić information content (AvgIpc) is 2.32. The normalized spacial score (nSPS) is 40.1. The van der Waals surface area contributed by atoms with Crippen molar-refractivity contribution >= 4 is 5.97 Å². The van der Waals surface area contributed by atoms with Crippen molar-refractivity contribution in [1.29, 1.82) is 0 Å². The maximum Gasteiger partial charge on any atom is 0.308 e. The summed E-state index contributed by atoms with van der Waals surface area (Å²) in [4.78, 5) is 13.7. The Morgan fingerprint density at radius 2 is 2.00 bits per heavy atom. The number of carboxylic acid groups (broad SMARTS) is 1. The van der Waals surface area contributed by atoms with E-state index < -0.39 is 5.97 Å². The van der Waals surface area contributed by atoms with Gasteiger partial charge in [-0.05, 0) is 26.7 Å². The number of aliphatic carboxylic acids is 1. The van der Waals surface area contributed by atoms with Crippen LogP contribution in [0.3, 0.4) is 0 Å². The van der Waals surface area contributed by atoms with E-state index in [2.05, 4.69) is 18.7 Å². The highest BCUT2D eigenvalue weighted by Gasteiger charge is 2.38. The molecular formula is C13H23NO3. The molecule has 4 nitrogen and oxygen atoms in total. The summed E-state index contributed by atoms with van der Waals surface area (Å²) in [5.41, 5.74) is 0. The lowest BCUT2D eigenvalue weighted by atomic mass is 9.82. The Morgan fingerprint density at radius 3 is 2.71 bits per heavy atom. The molecule has 1 saturated heterocycles. The molecule has 2 rings (SSSR count). The second-order valence-corrected chi connectivity index (χ2v) is 5.49. The number of morpholine rings is 1. The maximum absolute atomic E-state index is 11.3. The van der Waals surface area contributed by atoms with Crippen molar-refractivity contribution in [3.63, 3.8) is 0 Å². The molecule has 0 aromatic heterocycles. The minimum absolute atomic E-state index is 0.184. The van der Waals surface area contributed by atoms with E-state index in [9.17, 15) is 9.90 Å². The highest BCUT2D eigenvalue weighted by atomic mass is 16.5. The Balaban J connectivity index is 2.09. The fourth-order valence-electron chi connectivity index (χ4n) is 3.19. The Kier molecular flexibility index (Phi) is 4.05. The van der Waals surface area contributed by atoms with E-state index in [-0.39, 0.29) is 18.1 Å². The van der Waals surface area contributed by atoms with E-state index in [4.69, 9.17) is 4.74 Å². The molecule has 0 amide bonds. The van der Waals surface area contributed by atoms with Gasteiger partial charge in [0, 0.05) is 18.6 Å². The van der Waals surface area contributed by atoms with Gasteiger partial charge in [0.05, 0.1) is 18.6 Å². The summed E-state index contributed by atoms with van der Waals surface area (Å²) in [5.74, 6) is -0.808. The second kappa shape index (κ2) is 5.36. The number of hydrogen-bond acceptors (Lipinski definition) is 3. The smallest absolute Gasteiger partial charge is 0.308 e. The summed E-state index contributed by atoms with van der Waals surface area (Å²) in [5, 5.41) is 9.33. The zero-order valence-corrected chi connectivity index (χ0v) is 10.8. The summed E-state index contributed by atoms with van der Waals surface area (Å²) < 4.78 is 5.62. The number of carbonyl (C=O) groups is 1. The summed E-state index contributed by atoms with van der Waals surface area (Å²) in [6, 6.07) is 0.554. The van der Waals surface area contributed by atoms with Crippen LogP contribution in [-0.4, -0.2) is 47.3 Å². The fourth-order valence-corrected chi connectivity index (χ4v) is 3.19. The number of ether oxygens (including phenoxy) is 1. The minimum Gasteiger partial charge on any atom is -0.481 e. The van der Waals surface area contributed by atoms with Crippen LogP contribution < -0.4 is 0 Å². The minimum atomic E-state index is -0.624. The SMILES string of the molecule is CC1CN(C2CCCCC2C(=O)O)C(C)CO1. The van der Waals surface area contributed by atoms with Gasteiger partial charge in [0.2, 0.25) is 0 Å². The molecule has 2 aliphatic rings. The highest BCUT2D eigenvalue weighted by Crippen LogP contribution is 2.31. The molecule has 17 heavy (non-hydrogen) atoms. The van der Waals surface area contributed by atoms with Crippen LogP contribution >= 0.6 is 0 Å². The molecule has 0 aromatic rings. The van der Waals surface area contributed by atoms with Crippen molar-refractivity contribution in [3.05, 3.63) is 0 Å². The molecule has 1 aliphatic heterocycles. The molecule has 0 aromatic carbocycles. The second-order valence-electron chi connectivity index (χ2n) is 5.49. The van der Waals surface area contributed by atoms with Gasteiger partial charge in [-0.3, -0.25) is 9.69 Å². The molecule has 4 atom stereocenters. The molecule has 2 fully saturated rings. The van der Waals surface area contributed by atoms with Crippen LogP contribution in [0.5, 0.6) is 0 Å². The zero-order chi connectivity index (χ0) is 12.4. The maximum atomic E-state index is 11.3. The standard InChI is InChI=1S/C13H23NO3/c1-9-8-17-10(2)7-14(9)12-6-4-3-5-11(12)13(15)16/h9-12H,3-8H2,1-2H3,(H,15,16). The summed E-state index contributed by atoms with van der Waals surface area (Å²) in [6.45, 7) is 5.80. The van der Waals surface area contributed by atoms with Crippen molar-refractivity contribution in [2.45, 2.75) is 57.7 Å². The first-order valence-electron chi connectivity index (χ1n) is 6.69. The predicted molar refractivity (Wildman–Crippen MR) is 65.0 cm³/mol. The van der Waals surface area contributed by atoms with Gasteiger partial charge >= 0.3 is 5.97 Å². The van der Waals surface area contributed by atoms with Crippen LogP contribution in [0.25, 0.3) is 0 Å². The third-order valence-corrected chi connectivity index (χ3v) is 4.13. The van der Waals surface area contributed by atoms with Crippen LogP contribution in [-0.2, 0) is 9.53 Å². The van der Waals surface area contributed by atoms with Gasteiger partial charge in [-0.25, -0.2) is 0 Å². The van der Waals surface area contributed by atoms with Gasteiger partial charge in [0.25, 0.3) is 0 Å². The summed E-state index contributed by atoms with van der Waals surface area (Å²) in [6.07, 6.45) is 4.30. The van der Waals surface area contributed by atoms with Crippen LogP contribution in [0.1, 0.15) is 39.5 Å². The Morgan fingerprint density at radius 1 is 1.29 bits per heavy atom. The van der Waals surface area contributed by atoms with Crippen LogP contribution in [0.4, 0.5) is 0 Å². The van der Waals surface area contributed by atoms with Gasteiger partial charge in [0.1, 0.15) is 0 Å². The average molecular weight is 241 g/mol. The summed E-state index contributed by atoms with van der Waals surface area (Å²) >= 11 is 0. The first-order valence-corrected chi connectivity index (χ1v) is 6.69. The van der Waals surface area contributed by atoms with Crippen molar-refractivity contribution in [2.75, 3.05) is 13.2 Å². The molecule has 98 valence electrons. The summed E-state index contributed by atoms with van der Waals surface area (Å²) in [7, 11) is 0. The molecule has 0 spiro atoms. The van der Waals surface area contributed by atoms with E-state index in [1.165, 1.54) is 0 Å². The molecule has 0 radical (unpaired) electrons. The lowest BCUT2D eigenvalue weighted by Gasteiger charge is -2.45. The molecular weight excluding hydrogens is 218 g/mol. The third-order valence-electron chi connectivity index (χ3n) is 4.13. The molecule has 1 aliphatic carbocycles. The van der Waals surface area contributed by atoms with Crippen molar-refractivity contribution in [1.82, 2.24) is 4.90 Å². The molecule has 1 heterocycles. The van der Waals surface area contributed by atoms with Crippen LogP contribution in [0.15, 0.2) is 0 Å². The molecule has 4 heteroatoms. The van der Waals surface area contributed by atoms with Crippen LogP contribution in [0, 0.1) is 5.92 Å². The van der Waals surface area contributed by atoms with E-state index in [1.807, 2.05) is 0 Å². The van der Waals surface area contributed by atoms with E-state index in [0.29, 0.717) is 6.04 Å². The van der Waals surface area contributed by atoms with E-state index in [1.54, 1.807) is 0 Å². The number of hydrogen-bond donors (Lipinski definition) is 1. The number of carboxylic acids is 1. The van der Waals surface area contributed by atoms with Gasteiger partial charge < -0.3 is 9.84 Å². The Hall–Kier alpha value is -0.610. The first-order chi connectivity index (χ1) is 8.09. The lowest BCUT2D eigenvalue weighted by molar-refractivity contribution is -0.149. The monoisotopic (exact) mass is 241 g/mol. The highest BCUT2D eigenvalue weighted by molar-refractivity contribution is 5.71. The van der Waals surface area contributed by atoms with E-state index >= 15 is 0 Å². The Bertz CT molecular complexity index is 282. The molecule has 0 bridgehead atoms. The Labute approximate surface area is 103 Å². The molecule has 1 N–H and O–H groups in total. The van der Waals surface area contributed by atoms with E-state index in [0.717, 1.165) is 38.8 Å². The third kappa shape index (κ3) is 2.80. The van der Waals surface area contributed by atoms with Crippen molar-refractivity contribution in [2.24, 2.45) is 5.92 Å². The molecule has 1 saturated carbocycles. The van der Waals surface area contributed by atoms with Crippen molar-refractivity contribution < 1.29 is 14.6 Å². The zero-order valence-electron chi connectivity index (χ0n) is 10.8. The topological polar surface area (TPSA) is 49.8 Å². The van der Waals surface area contributed by atoms with Gasteiger partial charge in [-0.2, -0.15) is 0 Å². The predicted octanol–water partition coefficient (Wildman–Crippen LogP) is 1.74. The quantitative estimate of drug-likeness (QED) is 0.800.